The number of rotatable bonds is 24. The van der Waals surface area contributed by atoms with Crippen LogP contribution >= 0.6 is 8.25 Å². The van der Waals surface area contributed by atoms with Crippen LogP contribution in [0.5, 0.6) is 0 Å². The van der Waals surface area contributed by atoms with Crippen LogP contribution in [0.15, 0.2) is 4.99 Å². The Kier molecular flexibility index (Phi) is 19.4. The summed E-state index contributed by atoms with van der Waals surface area (Å²) in [4.78, 5) is 54.9. The minimum atomic E-state index is -2.94. The van der Waals surface area contributed by atoms with Gasteiger partial charge in [-0.1, -0.05) is 0 Å². The highest BCUT2D eigenvalue weighted by atomic mass is 31.1. The summed E-state index contributed by atoms with van der Waals surface area (Å²) in [5.41, 5.74) is 5.96. The number of piperazine rings is 1. The molecule has 20 heteroatoms. The van der Waals surface area contributed by atoms with Gasteiger partial charge in [0, 0.05) is 62.7 Å². The van der Waals surface area contributed by atoms with Crippen LogP contribution in [-0.4, -0.2) is 186 Å². The van der Waals surface area contributed by atoms with Crippen LogP contribution < -0.4 is 16.4 Å². The van der Waals surface area contributed by atoms with E-state index in [9.17, 15) is 24.1 Å². The third-order valence-corrected chi connectivity index (χ3v) is 8.57. The normalized spacial score (nSPS) is 23.8. The molecule has 3 aliphatic heterocycles. The Morgan fingerprint density at radius 2 is 1.57 bits per heavy atom. The quantitative estimate of drug-likeness (QED) is 0.0528. The summed E-state index contributed by atoms with van der Waals surface area (Å²) >= 11 is 0. The topological polar surface area (TPSA) is 236 Å². The summed E-state index contributed by atoms with van der Waals surface area (Å²) in [5.74, 6) is -0.304. The molecule has 5 atom stereocenters. The van der Waals surface area contributed by atoms with Gasteiger partial charge in [0.1, 0.15) is 11.9 Å². The first-order chi connectivity index (χ1) is 23.6. The highest BCUT2D eigenvalue weighted by Crippen LogP contribution is 2.30. The Balaban J connectivity index is 1.09. The van der Waals surface area contributed by atoms with E-state index in [2.05, 4.69) is 32.5 Å². The molecule has 2 fully saturated rings. The smallest absolute Gasteiger partial charge is 0.387 e. The molecule has 3 heterocycles. The first-order valence-electron chi connectivity index (χ1n) is 16.7. The molecule has 6 N–H and O–H groups in total. The molecule has 4 amide bonds. The van der Waals surface area contributed by atoms with Gasteiger partial charge in [-0.15, -0.1) is 9.42 Å². The van der Waals surface area contributed by atoms with Crippen molar-refractivity contribution in [1.29, 1.82) is 0 Å². The Hall–Kier alpha value is -2.42. The zero-order chi connectivity index (χ0) is 35.4. The molecule has 3 rings (SSSR count). The molecular formula is C29H53N7O12P+. The van der Waals surface area contributed by atoms with E-state index < -0.39 is 32.7 Å². The van der Waals surface area contributed by atoms with Gasteiger partial charge in [0.15, 0.2) is 12.3 Å². The molecule has 2 saturated heterocycles. The van der Waals surface area contributed by atoms with Crippen molar-refractivity contribution < 1.29 is 57.2 Å². The molecule has 3 aliphatic rings. The predicted molar refractivity (Wildman–Crippen MR) is 175 cm³/mol. The number of urea groups is 1. The lowest BCUT2D eigenvalue weighted by Gasteiger charge is -2.34. The molecule has 3 unspecified atom stereocenters. The molecule has 0 aromatic heterocycles. The summed E-state index contributed by atoms with van der Waals surface area (Å²) in [6.07, 6.45) is -2.17. The molecular weight excluding hydrogens is 669 g/mol. The molecule has 0 aromatic carbocycles. The van der Waals surface area contributed by atoms with Gasteiger partial charge in [-0.2, -0.15) is 4.99 Å². The summed E-state index contributed by atoms with van der Waals surface area (Å²) < 4.78 is 43.0. The van der Waals surface area contributed by atoms with E-state index in [-0.39, 0.29) is 49.7 Å². The first kappa shape index (κ1) is 41.0. The van der Waals surface area contributed by atoms with E-state index in [4.69, 9.17) is 38.8 Å². The molecule has 280 valence electrons. The van der Waals surface area contributed by atoms with Gasteiger partial charge in [0.05, 0.1) is 66.0 Å². The van der Waals surface area contributed by atoms with Gasteiger partial charge in [-0.25, -0.2) is 4.79 Å². The number of hydrogen-bond acceptors (Lipinski definition) is 14. The number of ether oxygens (including phenoxy) is 5. The maximum Gasteiger partial charge on any atom is 0.695 e. The minimum absolute atomic E-state index is 0.0146. The number of hydrogen-bond donors (Lipinski definition) is 5. The fraction of sp³-hybridized carbons (Fsp3) is 0.862. The van der Waals surface area contributed by atoms with Crippen LogP contribution in [-0.2, 0) is 42.4 Å². The average Bonchev–Trinajstić information content (AvgIpc) is 3.41. The van der Waals surface area contributed by atoms with Crippen molar-refractivity contribution in [3.05, 3.63) is 0 Å². The van der Waals surface area contributed by atoms with Crippen molar-refractivity contribution in [3.8, 4) is 0 Å². The van der Waals surface area contributed by atoms with Crippen LogP contribution in [0.3, 0.4) is 0 Å². The van der Waals surface area contributed by atoms with Crippen molar-refractivity contribution in [3.63, 3.8) is 0 Å². The number of nitrogens with two attached hydrogens (primary N) is 1. The second-order valence-electron chi connectivity index (χ2n) is 11.9. The van der Waals surface area contributed by atoms with Gasteiger partial charge in [-0.05, 0) is 19.9 Å². The van der Waals surface area contributed by atoms with E-state index in [0.29, 0.717) is 78.7 Å². The maximum atomic E-state index is 12.4. The largest absolute Gasteiger partial charge is 0.695 e. The lowest BCUT2D eigenvalue weighted by atomic mass is 9.99. The highest BCUT2D eigenvalue weighted by molar-refractivity contribution is 7.32. The van der Waals surface area contributed by atoms with E-state index in [1.165, 1.54) is 4.90 Å². The second kappa shape index (κ2) is 23.1. The summed E-state index contributed by atoms with van der Waals surface area (Å²) in [6, 6.07) is -0.674. The molecule has 0 saturated carbocycles. The second-order valence-corrected chi connectivity index (χ2v) is 12.6. The Labute approximate surface area is 287 Å². The van der Waals surface area contributed by atoms with E-state index in [1.807, 2.05) is 0 Å². The number of nitrogens with zero attached hydrogens (tertiary/aromatic N) is 4. The van der Waals surface area contributed by atoms with Crippen LogP contribution in [0, 0.1) is 5.92 Å². The first-order valence-corrected chi connectivity index (χ1v) is 17.8. The third kappa shape index (κ3) is 16.0. The zero-order valence-corrected chi connectivity index (χ0v) is 29.1. The zero-order valence-electron chi connectivity index (χ0n) is 28.2. The Morgan fingerprint density at radius 1 is 0.959 bits per heavy atom. The molecule has 49 heavy (non-hydrogen) atoms. The number of likely N-dealkylation sites (N-methyl/N-ethyl adjacent to an activating group) is 1. The molecule has 0 aromatic rings. The van der Waals surface area contributed by atoms with Crippen LogP contribution in [0.1, 0.15) is 19.3 Å². The standard InChI is InChI=1S/C29H52N7O12P/c1-34-7-9-35(10-8-34)20-25(38)32-6-12-44-14-16-46-18-17-45-15-13-43-11-4-24(37)31-5-2-3-22-19-36(29(40)33-27(22)30)28-26(39)23(21-47-28)48-49(41)42/h22-23,26,28,39H,2-21H2,1H3,(H4-,30,31,32,33,37,38,40,41,42)/p+1/t22?,23?,26-,28+/m0/s1. The van der Waals surface area contributed by atoms with E-state index in [0.717, 1.165) is 26.2 Å². The Morgan fingerprint density at radius 3 is 2.22 bits per heavy atom. The minimum Gasteiger partial charge on any atom is -0.387 e. The van der Waals surface area contributed by atoms with E-state index in [1.54, 1.807) is 0 Å². The van der Waals surface area contributed by atoms with Crippen LogP contribution in [0.2, 0.25) is 0 Å². The van der Waals surface area contributed by atoms with Crippen molar-refractivity contribution in [1.82, 2.24) is 25.3 Å². The Bertz CT molecular complexity index is 1070. The number of carbonyl (C=O) groups is 3. The third-order valence-electron chi connectivity index (χ3n) is 8.12. The van der Waals surface area contributed by atoms with E-state index >= 15 is 0 Å². The van der Waals surface area contributed by atoms with Crippen LogP contribution in [0.25, 0.3) is 0 Å². The summed E-state index contributed by atoms with van der Waals surface area (Å²) in [7, 11) is -0.855. The number of nitrogens with one attached hydrogen (secondary N) is 2. The molecule has 0 spiro atoms. The number of aliphatic hydroxyl groups excluding tert-OH is 1. The van der Waals surface area contributed by atoms with Crippen molar-refractivity contribution in [2.75, 3.05) is 119 Å². The summed E-state index contributed by atoms with van der Waals surface area (Å²) in [5, 5.41) is 16.1. The molecule has 0 radical (unpaired) electrons. The molecule has 0 aliphatic carbocycles. The van der Waals surface area contributed by atoms with Gasteiger partial charge in [0.25, 0.3) is 0 Å². The number of amidine groups is 1. The summed E-state index contributed by atoms with van der Waals surface area (Å²) in [6.45, 7) is 8.11. The van der Waals surface area contributed by atoms with Gasteiger partial charge in [-0.3, -0.25) is 19.4 Å². The number of aliphatic hydroxyl groups is 1. The van der Waals surface area contributed by atoms with Crippen molar-refractivity contribution in [2.24, 2.45) is 16.6 Å². The van der Waals surface area contributed by atoms with Gasteiger partial charge < -0.3 is 50.1 Å². The van der Waals surface area contributed by atoms with Crippen molar-refractivity contribution >= 4 is 31.9 Å². The number of aliphatic imine (C=N–C) groups is 1. The van der Waals surface area contributed by atoms with Gasteiger partial charge in [0.2, 0.25) is 11.8 Å². The maximum absolute atomic E-state index is 12.4. The monoisotopic (exact) mass is 722 g/mol. The fourth-order valence-electron chi connectivity index (χ4n) is 5.30. The number of carbonyl (C=O) groups excluding carboxylic acids is 3. The lowest BCUT2D eigenvalue weighted by molar-refractivity contribution is -0.123. The highest BCUT2D eigenvalue weighted by Gasteiger charge is 2.47. The predicted octanol–water partition coefficient (Wildman–Crippen LogP) is -2.14. The number of amides is 4. The van der Waals surface area contributed by atoms with Gasteiger partial charge >= 0.3 is 14.3 Å². The van der Waals surface area contributed by atoms with Crippen molar-refractivity contribution in [2.45, 2.75) is 37.7 Å². The molecule has 19 nitrogen and oxygen atoms in total. The average molecular weight is 723 g/mol. The fourth-order valence-corrected chi connectivity index (χ4v) is 5.72. The SMILES string of the molecule is CN1CCN(CC(=O)NCCOCCOCCOCCOCCC(=O)NCCCC2CN([C@@H]3OCC(O[P+](=O)O)[C@@H]3O)C(=O)N=C2N)CC1. The molecule has 0 bridgehead atoms. The lowest BCUT2D eigenvalue weighted by Crippen LogP contribution is -2.53. The van der Waals surface area contributed by atoms with Crippen LogP contribution in [0.4, 0.5) is 4.79 Å².